The number of nitrogens with zero attached hydrogens (tertiary/aromatic N) is 2. The van der Waals surface area contributed by atoms with Gasteiger partial charge in [-0.3, -0.25) is 19.2 Å². The van der Waals surface area contributed by atoms with Crippen LogP contribution in [-0.4, -0.2) is 27.0 Å². The van der Waals surface area contributed by atoms with Crippen molar-refractivity contribution in [3.63, 3.8) is 0 Å². The Morgan fingerprint density at radius 2 is 0.882 bits per heavy atom. The fourth-order valence-corrected chi connectivity index (χ4v) is 7.07. The maximum atomic E-state index is 14.3. The summed E-state index contributed by atoms with van der Waals surface area (Å²) < 4.78 is 0. The predicted molar refractivity (Wildman–Crippen MR) is 204 cm³/mol. The number of aliphatic hydroxyl groups is 2. The monoisotopic (exact) mass is 665 g/mol. The van der Waals surface area contributed by atoms with Crippen LogP contribution in [0, 0.1) is 0 Å². The van der Waals surface area contributed by atoms with Crippen LogP contribution in [0.4, 0.5) is 11.4 Å². The lowest BCUT2D eigenvalue weighted by Crippen LogP contribution is -2.14. The molecule has 0 bridgehead atoms. The predicted octanol–water partition coefficient (Wildman–Crippen LogP) is 7.52. The molecule has 0 aliphatic carbocycles. The maximum absolute atomic E-state index is 14.3. The quantitative estimate of drug-likeness (QED) is 0.101. The lowest BCUT2D eigenvalue weighted by molar-refractivity contribution is 0.554. The van der Waals surface area contributed by atoms with Crippen molar-refractivity contribution in [3.8, 4) is 0 Å². The first-order valence-corrected chi connectivity index (χ1v) is 16.0. The SMILES string of the molecule is O=c1c2ccc3c4cc(N=C(O)c5ccccc5)c5c(=O)c6ccccc6c(=O)c5c4[nH]c3c2c(=O)c2cccc(N=C(O)c3ccccc3)c12. The lowest BCUT2D eigenvalue weighted by Gasteiger charge is -2.07. The lowest BCUT2D eigenvalue weighted by atomic mass is 9.97. The van der Waals surface area contributed by atoms with Crippen molar-refractivity contribution in [1.82, 2.24) is 4.98 Å². The Kier molecular flexibility index (Phi) is 6.52. The number of aliphatic hydroxyl groups excluding tert-OH is 2. The van der Waals surface area contributed by atoms with Gasteiger partial charge in [-0.05, 0) is 42.5 Å². The molecule has 9 rings (SSSR count). The van der Waals surface area contributed by atoms with Crippen LogP contribution in [0.15, 0.2) is 150 Å². The van der Waals surface area contributed by atoms with E-state index < -0.39 is 21.7 Å². The average Bonchev–Trinajstić information content (AvgIpc) is 3.54. The maximum Gasteiger partial charge on any atom is 0.218 e. The summed E-state index contributed by atoms with van der Waals surface area (Å²) in [5.41, 5.74) is -0.0626. The van der Waals surface area contributed by atoms with E-state index in [2.05, 4.69) is 15.0 Å². The summed E-state index contributed by atoms with van der Waals surface area (Å²) in [4.78, 5) is 68.8. The van der Waals surface area contributed by atoms with Crippen LogP contribution >= 0.6 is 0 Å². The Labute approximate surface area is 286 Å². The number of hydrogen-bond donors (Lipinski definition) is 3. The van der Waals surface area contributed by atoms with Gasteiger partial charge in [0.15, 0.2) is 21.7 Å². The van der Waals surface area contributed by atoms with Crippen molar-refractivity contribution in [2.75, 3.05) is 0 Å². The number of hydrogen-bond acceptors (Lipinski definition) is 6. The van der Waals surface area contributed by atoms with E-state index in [0.29, 0.717) is 32.9 Å². The summed E-state index contributed by atoms with van der Waals surface area (Å²) >= 11 is 0. The molecule has 0 saturated carbocycles. The standard InChI is InChI=1S/C42H23N3O6/c46-37-24-14-7-8-15-25(24)38(47)34-33(37)30(44-42(51)22-12-5-2-6-13-22)20-28-23-18-19-27-32(35(23)45-36(28)34)40(49)26-16-9-17-29(31(26)39(27)48)43-41(50)21-10-3-1-4-11-21/h1-20,45H,(H,43,50)(H,44,51). The van der Waals surface area contributed by atoms with E-state index >= 15 is 0 Å². The Hall–Kier alpha value is -7.26. The molecule has 0 saturated heterocycles. The second-order valence-electron chi connectivity index (χ2n) is 12.3. The van der Waals surface area contributed by atoms with E-state index in [9.17, 15) is 29.4 Å². The molecular formula is C42H23N3O6. The van der Waals surface area contributed by atoms with E-state index in [1.807, 2.05) is 0 Å². The van der Waals surface area contributed by atoms with E-state index in [0.717, 1.165) is 0 Å². The van der Waals surface area contributed by atoms with Crippen molar-refractivity contribution in [1.29, 1.82) is 0 Å². The molecule has 0 radical (unpaired) electrons. The molecule has 9 aromatic rings. The molecule has 1 heterocycles. The van der Waals surface area contributed by atoms with Gasteiger partial charge in [-0.1, -0.05) is 78.9 Å². The van der Waals surface area contributed by atoms with Crippen LogP contribution in [0.25, 0.3) is 64.9 Å². The van der Waals surface area contributed by atoms with Gasteiger partial charge >= 0.3 is 0 Å². The molecule has 0 amide bonds. The van der Waals surface area contributed by atoms with Gasteiger partial charge in [0.2, 0.25) is 11.8 Å². The molecule has 0 unspecified atom stereocenters. The third kappa shape index (κ3) is 4.42. The molecular weight excluding hydrogens is 642 g/mol. The summed E-state index contributed by atoms with van der Waals surface area (Å²) in [6.07, 6.45) is 0. The van der Waals surface area contributed by atoms with Crippen molar-refractivity contribution in [2.45, 2.75) is 0 Å². The zero-order chi connectivity index (χ0) is 35.0. The first-order valence-electron chi connectivity index (χ1n) is 16.0. The van der Waals surface area contributed by atoms with Crippen molar-refractivity contribution in [3.05, 3.63) is 173 Å². The summed E-state index contributed by atoms with van der Waals surface area (Å²) in [5.74, 6) is -0.647. The van der Waals surface area contributed by atoms with E-state index in [-0.39, 0.29) is 66.3 Å². The summed E-state index contributed by atoms with van der Waals surface area (Å²) in [7, 11) is 0. The van der Waals surface area contributed by atoms with Crippen LogP contribution in [-0.2, 0) is 0 Å². The normalized spacial score (nSPS) is 12.6. The minimum Gasteiger partial charge on any atom is -0.493 e. The van der Waals surface area contributed by atoms with Gasteiger partial charge in [0.25, 0.3) is 0 Å². The molecule has 9 nitrogen and oxygen atoms in total. The third-order valence-electron chi connectivity index (χ3n) is 9.43. The zero-order valence-electron chi connectivity index (χ0n) is 26.5. The second-order valence-corrected chi connectivity index (χ2v) is 12.3. The number of nitrogens with one attached hydrogen (secondary N) is 1. The molecule has 0 fully saturated rings. The molecule has 3 N–H and O–H groups in total. The number of aliphatic imine (C=N–C) groups is 2. The fraction of sp³-hybridized carbons (Fsp3) is 0. The highest BCUT2D eigenvalue weighted by Crippen LogP contribution is 2.38. The molecule has 9 heteroatoms. The first-order chi connectivity index (χ1) is 24.8. The largest absolute Gasteiger partial charge is 0.493 e. The second kappa shape index (κ2) is 11.1. The summed E-state index contributed by atoms with van der Waals surface area (Å²) in [6, 6.07) is 33.3. The van der Waals surface area contributed by atoms with E-state index in [1.165, 1.54) is 0 Å². The van der Waals surface area contributed by atoms with Gasteiger partial charge in [0.05, 0.1) is 44.0 Å². The number of aromatic amines is 1. The number of benzene rings is 8. The molecule has 8 aromatic carbocycles. The molecule has 0 aliphatic rings. The highest BCUT2D eigenvalue weighted by atomic mass is 16.3. The average molecular weight is 666 g/mol. The molecule has 242 valence electrons. The number of rotatable bonds is 4. The molecule has 0 aliphatic heterocycles. The Morgan fingerprint density at radius 3 is 1.53 bits per heavy atom. The Balaban J connectivity index is 1.40. The summed E-state index contributed by atoms with van der Waals surface area (Å²) in [6.45, 7) is 0. The smallest absolute Gasteiger partial charge is 0.218 e. The van der Waals surface area contributed by atoms with Gasteiger partial charge in [-0.2, -0.15) is 0 Å². The molecule has 0 atom stereocenters. The van der Waals surface area contributed by atoms with E-state index in [4.69, 9.17) is 0 Å². The van der Waals surface area contributed by atoms with E-state index in [1.54, 1.807) is 121 Å². The fourth-order valence-electron chi connectivity index (χ4n) is 7.07. The topological polar surface area (TPSA) is 149 Å². The van der Waals surface area contributed by atoms with Crippen LogP contribution in [0.5, 0.6) is 0 Å². The highest BCUT2D eigenvalue weighted by Gasteiger charge is 2.23. The van der Waals surface area contributed by atoms with Gasteiger partial charge < -0.3 is 15.2 Å². The minimum absolute atomic E-state index is 0.0163. The Bertz CT molecular complexity index is 3230. The molecule has 1 aromatic heterocycles. The first kappa shape index (κ1) is 29.8. The minimum atomic E-state index is -0.458. The highest BCUT2D eigenvalue weighted by molar-refractivity contribution is 6.26. The van der Waals surface area contributed by atoms with Gasteiger partial charge in [-0.25, -0.2) is 9.98 Å². The van der Waals surface area contributed by atoms with Crippen LogP contribution < -0.4 is 21.7 Å². The van der Waals surface area contributed by atoms with Crippen molar-refractivity contribution in [2.24, 2.45) is 9.98 Å². The number of H-pyrrole nitrogens is 1. The number of aromatic nitrogens is 1. The Morgan fingerprint density at radius 1 is 0.412 bits per heavy atom. The number of fused-ring (bicyclic) bond motifs is 9. The van der Waals surface area contributed by atoms with Crippen molar-refractivity contribution >= 4 is 88.1 Å². The molecule has 51 heavy (non-hydrogen) atoms. The van der Waals surface area contributed by atoms with Crippen LogP contribution in [0.1, 0.15) is 11.1 Å². The van der Waals surface area contributed by atoms with Crippen LogP contribution in [0.2, 0.25) is 0 Å². The molecule has 0 spiro atoms. The summed E-state index contributed by atoms with van der Waals surface area (Å²) in [5, 5.41) is 23.7. The van der Waals surface area contributed by atoms with Crippen LogP contribution in [0.3, 0.4) is 0 Å². The third-order valence-corrected chi connectivity index (χ3v) is 9.43. The van der Waals surface area contributed by atoms with Gasteiger partial charge in [-0.15, -0.1) is 0 Å². The van der Waals surface area contributed by atoms with Gasteiger partial charge in [0, 0.05) is 43.4 Å². The zero-order valence-corrected chi connectivity index (χ0v) is 26.5. The van der Waals surface area contributed by atoms with Crippen molar-refractivity contribution < 1.29 is 10.2 Å². The van der Waals surface area contributed by atoms with Gasteiger partial charge in [0.1, 0.15) is 0 Å².